The largest absolute Gasteiger partial charge is 0.323 e. The molecule has 0 saturated heterocycles. The molecule has 0 saturated carbocycles. The number of rotatable bonds is 2. The molecule has 5 nitrogen and oxygen atoms in total. The first-order valence-corrected chi connectivity index (χ1v) is 6.46. The molecule has 0 spiro atoms. The topological polar surface area (TPSA) is 67.1 Å². The van der Waals surface area contributed by atoms with Gasteiger partial charge in [0.25, 0.3) is 0 Å². The van der Waals surface area contributed by atoms with Crippen molar-refractivity contribution in [2.45, 2.75) is 25.8 Å². The highest BCUT2D eigenvalue weighted by Gasteiger charge is 2.25. The van der Waals surface area contributed by atoms with Crippen LogP contribution in [0, 0.1) is 0 Å². The molecule has 1 aliphatic heterocycles. The van der Waals surface area contributed by atoms with Gasteiger partial charge in [0.15, 0.2) is 0 Å². The smallest absolute Gasteiger partial charge is 0.239 e. The number of para-hydroxylation sites is 1. The summed E-state index contributed by atoms with van der Waals surface area (Å²) in [4.78, 5) is 10.8. The minimum atomic E-state index is 0.412. The van der Waals surface area contributed by atoms with Gasteiger partial charge in [-0.3, -0.25) is 5.43 Å². The van der Waals surface area contributed by atoms with Gasteiger partial charge in [-0.15, -0.1) is 0 Å². The summed E-state index contributed by atoms with van der Waals surface area (Å²) in [6, 6.07) is 10.8. The van der Waals surface area contributed by atoms with Gasteiger partial charge in [0.1, 0.15) is 5.82 Å². The Bertz CT molecular complexity index is 584. The number of hydrogen-bond acceptors (Lipinski definition) is 5. The van der Waals surface area contributed by atoms with E-state index in [4.69, 9.17) is 5.84 Å². The van der Waals surface area contributed by atoms with Crippen LogP contribution in [0.1, 0.15) is 18.9 Å². The van der Waals surface area contributed by atoms with Crippen LogP contribution in [0.25, 0.3) is 0 Å². The van der Waals surface area contributed by atoms with Gasteiger partial charge in [0.2, 0.25) is 5.95 Å². The zero-order valence-corrected chi connectivity index (χ0v) is 10.9. The number of nitrogens with zero attached hydrogens (tertiary/aromatic N) is 3. The Morgan fingerprint density at radius 3 is 3.00 bits per heavy atom. The lowest BCUT2D eigenvalue weighted by Gasteiger charge is -2.36. The maximum atomic E-state index is 5.38. The Morgan fingerprint density at radius 1 is 1.32 bits per heavy atom. The number of benzene rings is 1. The van der Waals surface area contributed by atoms with Gasteiger partial charge in [-0.2, -0.15) is 4.98 Å². The fourth-order valence-corrected chi connectivity index (χ4v) is 2.59. The molecular formula is C14H17N5. The number of aryl methyl sites for hydroxylation is 1. The summed E-state index contributed by atoms with van der Waals surface area (Å²) in [5.41, 5.74) is 5.08. The summed E-state index contributed by atoms with van der Waals surface area (Å²) in [6.07, 6.45) is 3.95. The van der Waals surface area contributed by atoms with Crippen LogP contribution in [-0.4, -0.2) is 16.0 Å². The maximum Gasteiger partial charge on any atom is 0.239 e. The van der Waals surface area contributed by atoms with Crippen LogP contribution in [0.15, 0.2) is 36.5 Å². The average Bonchev–Trinajstić information content (AvgIpc) is 2.47. The fraction of sp³-hybridized carbons (Fsp3) is 0.286. The Morgan fingerprint density at radius 2 is 2.16 bits per heavy atom. The van der Waals surface area contributed by atoms with Gasteiger partial charge >= 0.3 is 0 Å². The monoisotopic (exact) mass is 255 g/mol. The third kappa shape index (κ3) is 2.13. The van der Waals surface area contributed by atoms with Crippen molar-refractivity contribution < 1.29 is 0 Å². The third-order valence-electron chi connectivity index (χ3n) is 3.54. The second-order valence-electron chi connectivity index (χ2n) is 4.77. The lowest BCUT2D eigenvalue weighted by Crippen LogP contribution is -2.34. The van der Waals surface area contributed by atoms with Gasteiger partial charge in [-0.05, 0) is 37.5 Å². The van der Waals surface area contributed by atoms with Crippen LogP contribution < -0.4 is 16.2 Å². The predicted octanol–water partition coefficient (Wildman–Crippen LogP) is 2.23. The predicted molar refractivity (Wildman–Crippen MR) is 76.2 cm³/mol. The quantitative estimate of drug-likeness (QED) is 0.636. The number of nitrogens with one attached hydrogen (secondary N) is 1. The molecular weight excluding hydrogens is 238 g/mol. The zero-order valence-electron chi connectivity index (χ0n) is 10.9. The summed E-state index contributed by atoms with van der Waals surface area (Å²) in [5, 5.41) is 0. The number of anilines is 3. The van der Waals surface area contributed by atoms with Gasteiger partial charge in [0.05, 0.1) is 0 Å². The van der Waals surface area contributed by atoms with Crippen molar-refractivity contribution in [3.8, 4) is 0 Å². The summed E-state index contributed by atoms with van der Waals surface area (Å²) in [6.45, 7) is 2.22. The molecule has 0 radical (unpaired) electrons. The van der Waals surface area contributed by atoms with E-state index in [1.54, 1.807) is 6.20 Å². The highest BCUT2D eigenvalue weighted by Crippen LogP contribution is 2.35. The van der Waals surface area contributed by atoms with Crippen LogP contribution in [0.5, 0.6) is 0 Å². The van der Waals surface area contributed by atoms with Crippen molar-refractivity contribution in [2.24, 2.45) is 5.84 Å². The summed E-state index contributed by atoms with van der Waals surface area (Å²) in [7, 11) is 0. The molecule has 2 aromatic rings. The van der Waals surface area contributed by atoms with Crippen LogP contribution in [0.4, 0.5) is 17.5 Å². The zero-order chi connectivity index (χ0) is 13.2. The molecule has 98 valence electrons. The molecule has 1 atom stereocenters. The van der Waals surface area contributed by atoms with E-state index >= 15 is 0 Å². The van der Waals surface area contributed by atoms with Crippen LogP contribution in [-0.2, 0) is 6.42 Å². The molecule has 0 fully saturated rings. The number of fused-ring (bicyclic) bond motifs is 1. The number of nitrogens with two attached hydrogens (primary N) is 1. The fourth-order valence-electron chi connectivity index (χ4n) is 2.59. The first-order valence-electron chi connectivity index (χ1n) is 6.46. The maximum absolute atomic E-state index is 5.38. The molecule has 1 aliphatic rings. The van der Waals surface area contributed by atoms with Crippen molar-refractivity contribution in [1.82, 2.24) is 9.97 Å². The Balaban J connectivity index is 2.07. The number of nitrogen functional groups attached to an aromatic ring is 1. The van der Waals surface area contributed by atoms with Gasteiger partial charge in [-0.25, -0.2) is 10.8 Å². The SMILES string of the molecule is CC1CCc2ccccc2N1c1ccnc(NN)n1. The van der Waals surface area contributed by atoms with Crippen molar-refractivity contribution in [2.75, 3.05) is 10.3 Å². The van der Waals surface area contributed by atoms with Crippen LogP contribution >= 0.6 is 0 Å². The van der Waals surface area contributed by atoms with Crippen molar-refractivity contribution in [1.29, 1.82) is 0 Å². The van der Waals surface area contributed by atoms with Crippen molar-refractivity contribution >= 4 is 17.5 Å². The molecule has 2 heterocycles. The second kappa shape index (κ2) is 4.85. The standard InChI is InChI=1S/C14H17N5/c1-10-6-7-11-4-2-3-5-12(11)19(10)13-8-9-16-14(17-13)18-15/h2-5,8-10H,6-7,15H2,1H3,(H,16,17,18). The molecule has 1 aromatic carbocycles. The van der Waals surface area contributed by atoms with E-state index in [9.17, 15) is 0 Å². The summed E-state index contributed by atoms with van der Waals surface area (Å²) < 4.78 is 0. The van der Waals surface area contributed by atoms with Gasteiger partial charge in [-0.1, -0.05) is 18.2 Å². The summed E-state index contributed by atoms with van der Waals surface area (Å²) >= 11 is 0. The number of aromatic nitrogens is 2. The number of hydrogen-bond donors (Lipinski definition) is 2. The van der Waals surface area contributed by atoms with E-state index in [2.05, 4.69) is 51.5 Å². The second-order valence-corrected chi connectivity index (χ2v) is 4.77. The molecule has 1 aromatic heterocycles. The molecule has 1 unspecified atom stereocenters. The normalized spacial score (nSPS) is 18.0. The van der Waals surface area contributed by atoms with Gasteiger partial charge in [0, 0.05) is 17.9 Å². The van der Waals surface area contributed by atoms with E-state index in [1.165, 1.54) is 11.3 Å². The van der Waals surface area contributed by atoms with E-state index in [0.29, 0.717) is 12.0 Å². The molecule has 0 amide bonds. The van der Waals surface area contributed by atoms with Gasteiger partial charge < -0.3 is 4.90 Å². The van der Waals surface area contributed by atoms with E-state index < -0.39 is 0 Å². The van der Waals surface area contributed by atoms with Crippen molar-refractivity contribution in [3.05, 3.63) is 42.1 Å². The third-order valence-corrected chi connectivity index (χ3v) is 3.54. The van der Waals surface area contributed by atoms with Crippen molar-refractivity contribution in [3.63, 3.8) is 0 Å². The van der Waals surface area contributed by atoms with E-state index in [-0.39, 0.29) is 0 Å². The molecule has 5 heteroatoms. The molecule has 0 aliphatic carbocycles. The van der Waals surface area contributed by atoms with E-state index in [0.717, 1.165) is 18.7 Å². The lowest BCUT2D eigenvalue weighted by molar-refractivity contribution is 0.613. The molecule has 3 N–H and O–H groups in total. The van der Waals surface area contributed by atoms with E-state index in [1.807, 2.05) is 6.07 Å². The first-order chi connectivity index (χ1) is 9.29. The van der Waals surface area contributed by atoms with Crippen LogP contribution in [0.3, 0.4) is 0 Å². The minimum Gasteiger partial charge on any atom is -0.323 e. The Hall–Kier alpha value is -2.14. The average molecular weight is 255 g/mol. The minimum absolute atomic E-state index is 0.412. The molecule has 3 rings (SSSR count). The number of hydrazine groups is 1. The highest BCUT2D eigenvalue weighted by atomic mass is 15.3. The lowest BCUT2D eigenvalue weighted by atomic mass is 9.97. The Labute approximate surface area is 112 Å². The first kappa shape index (κ1) is 11.9. The Kier molecular flexibility index (Phi) is 3.05. The molecule has 0 bridgehead atoms. The molecule has 19 heavy (non-hydrogen) atoms. The van der Waals surface area contributed by atoms with Crippen LogP contribution in [0.2, 0.25) is 0 Å². The highest BCUT2D eigenvalue weighted by molar-refractivity contribution is 5.66. The summed E-state index contributed by atoms with van der Waals surface area (Å²) in [5.74, 6) is 6.70.